The van der Waals surface area contributed by atoms with E-state index in [9.17, 15) is 13.6 Å². The average molecular weight is 356 g/mol. The summed E-state index contributed by atoms with van der Waals surface area (Å²) in [6, 6.07) is 0. The summed E-state index contributed by atoms with van der Waals surface area (Å²) in [5.74, 6) is -1.09. The largest absolute Gasteiger partial charge is 0.342 e. The number of alkyl halides is 2. The molecule has 3 heterocycles. The van der Waals surface area contributed by atoms with Gasteiger partial charge < -0.3 is 9.42 Å². The van der Waals surface area contributed by atoms with E-state index in [1.807, 2.05) is 13.8 Å². The summed E-state index contributed by atoms with van der Waals surface area (Å²) in [5.41, 5.74) is 0. The Labute approximate surface area is 146 Å². The molecule has 1 amide bonds. The van der Waals surface area contributed by atoms with E-state index in [4.69, 9.17) is 4.52 Å². The van der Waals surface area contributed by atoms with Gasteiger partial charge in [-0.05, 0) is 25.9 Å². The van der Waals surface area contributed by atoms with Crippen LogP contribution in [0, 0.1) is 5.92 Å². The topological polar surface area (TPSA) is 62.5 Å². The molecule has 2 fully saturated rings. The molecule has 1 aromatic rings. The fourth-order valence-corrected chi connectivity index (χ4v) is 3.41. The molecule has 25 heavy (non-hydrogen) atoms. The number of hydrogen-bond donors (Lipinski definition) is 0. The molecule has 6 nitrogen and oxygen atoms in total. The van der Waals surface area contributed by atoms with E-state index >= 15 is 0 Å². The molecule has 0 spiro atoms. The fraction of sp³-hybridized carbons (Fsp3) is 0.824. The average Bonchev–Trinajstić information content (AvgIpc) is 3.04. The maximum absolute atomic E-state index is 13.2. The van der Waals surface area contributed by atoms with Gasteiger partial charge in [-0.15, -0.1) is 0 Å². The molecule has 2 aliphatic heterocycles. The van der Waals surface area contributed by atoms with Crippen molar-refractivity contribution in [1.29, 1.82) is 0 Å². The third-order valence-electron chi connectivity index (χ3n) is 5.10. The molecular formula is C17H26F2N4O2. The zero-order chi connectivity index (χ0) is 18.0. The van der Waals surface area contributed by atoms with E-state index in [0.29, 0.717) is 18.3 Å². The van der Waals surface area contributed by atoms with E-state index < -0.39 is 5.92 Å². The van der Waals surface area contributed by atoms with E-state index in [2.05, 4.69) is 15.0 Å². The van der Waals surface area contributed by atoms with Crippen molar-refractivity contribution in [3.8, 4) is 0 Å². The number of nitrogens with zero attached hydrogens (tertiary/aromatic N) is 4. The lowest BCUT2D eigenvalue weighted by Crippen LogP contribution is -2.47. The van der Waals surface area contributed by atoms with Crippen molar-refractivity contribution < 1.29 is 18.1 Å². The van der Waals surface area contributed by atoms with Gasteiger partial charge in [-0.2, -0.15) is 4.98 Å². The molecule has 2 aliphatic rings. The van der Waals surface area contributed by atoms with Gasteiger partial charge in [0.1, 0.15) is 0 Å². The first-order valence-electron chi connectivity index (χ1n) is 9.05. The molecule has 0 N–H and O–H groups in total. The van der Waals surface area contributed by atoms with E-state index in [-0.39, 0.29) is 43.7 Å². The molecule has 2 saturated heterocycles. The molecule has 0 bridgehead atoms. The second-order valence-corrected chi connectivity index (χ2v) is 7.43. The number of amides is 1. The van der Waals surface area contributed by atoms with Crippen LogP contribution in [0.5, 0.6) is 0 Å². The number of likely N-dealkylation sites (tertiary alicyclic amines) is 2. The van der Waals surface area contributed by atoms with Crippen LogP contribution in [0.2, 0.25) is 0 Å². The van der Waals surface area contributed by atoms with Crippen LogP contribution in [0.1, 0.15) is 57.2 Å². The normalized spacial score (nSPS) is 22.5. The van der Waals surface area contributed by atoms with Gasteiger partial charge in [0.25, 0.3) is 5.92 Å². The monoisotopic (exact) mass is 356 g/mol. The number of carbonyl (C=O) groups is 1. The Hall–Kier alpha value is -1.57. The lowest BCUT2D eigenvalue weighted by Gasteiger charge is -2.36. The van der Waals surface area contributed by atoms with Crippen molar-refractivity contribution in [3.05, 3.63) is 11.7 Å². The highest BCUT2D eigenvalue weighted by atomic mass is 19.3. The van der Waals surface area contributed by atoms with Crippen molar-refractivity contribution >= 4 is 5.91 Å². The third kappa shape index (κ3) is 4.54. The lowest BCUT2D eigenvalue weighted by molar-refractivity contribution is -0.143. The minimum Gasteiger partial charge on any atom is -0.342 e. The zero-order valence-electron chi connectivity index (χ0n) is 14.9. The van der Waals surface area contributed by atoms with Crippen LogP contribution >= 0.6 is 0 Å². The van der Waals surface area contributed by atoms with Gasteiger partial charge >= 0.3 is 0 Å². The summed E-state index contributed by atoms with van der Waals surface area (Å²) < 4.78 is 31.7. The number of piperidine rings is 2. The Kier molecular flexibility index (Phi) is 5.36. The van der Waals surface area contributed by atoms with Gasteiger partial charge in [-0.3, -0.25) is 9.69 Å². The van der Waals surface area contributed by atoms with E-state index in [1.165, 1.54) is 0 Å². The molecule has 0 atom stereocenters. The lowest BCUT2D eigenvalue weighted by atomic mass is 9.94. The Morgan fingerprint density at radius 2 is 1.88 bits per heavy atom. The minimum absolute atomic E-state index is 0.0371. The smallest absolute Gasteiger partial charge is 0.251 e. The van der Waals surface area contributed by atoms with Crippen LogP contribution < -0.4 is 0 Å². The SMILES string of the molecule is CC(C)c1noc(CN2CCC(C(=O)N3CCC(F)(F)CC3)CC2)n1. The van der Waals surface area contributed by atoms with Crippen molar-refractivity contribution in [2.75, 3.05) is 26.2 Å². The summed E-state index contributed by atoms with van der Waals surface area (Å²) in [6.07, 6.45) is 1.06. The Morgan fingerprint density at radius 1 is 1.24 bits per heavy atom. The van der Waals surface area contributed by atoms with Crippen LogP contribution in [-0.2, 0) is 11.3 Å². The quantitative estimate of drug-likeness (QED) is 0.830. The first-order valence-corrected chi connectivity index (χ1v) is 9.05. The second-order valence-electron chi connectivity index (χ2n) is 7.43. The van der Waals surface area contributed by atoms with Gasteiger partial charge in [-0.25, -0.2) is 8.78 Å². The summed E-state index contributed by atoms with van der Waals surface area (Å²) in [4.78, 5) is 20.7. The number of carbonyl (C=O) groups excluding carboxylic acids is 1. The fourth-order valence-electron chi connectivity index (χ4n) is 3.41. The van der Waals surface area contributed by atoms with Gasteiger partial charge in [-0.1, -0.05) is 19.0 Å². The molecule has 140 valence electrons. The number of rotatable bonds is 4. The van der Waals surface area contributed by atoms with E-state index in [0.717, 1.165) is 25.9 Å². The molecule has 3 rings (SSSR count). The van der Waals surface area contributed by atoms with Crippen molar-refractivity contribution in [2.24, 2.45) is 5.92 Å². The molecular weight excluding hydrogens is 330 g/mol. The van der Waals surface area contributed by atoms with Gasteiger partial charge in [0.05, 0.1) is 6.54 Å². The van der Waals surface area contributed by atoms with Crippen molar-refractivity contribution in [1.82, 2.24) is 19.9 Å². The Bertz CT molecular complexity index is 587. The maximum atomic E-state index is 13.2. The highest BCUT2D eigenvalue weighted by Gasteiger charge is 2.37. The number of hydrogen-bond acceptors (Lipinski definition) is 5. The van der Waals surface area contributed by atoms with Crippen LogP contribution in [0.3, 0.4) is 0 Å². The highest BCUT2D eigenvalue weighted by molar-refractivity contribution is 5.79. The van der Waals surface area contributed by atoms with Crippen LogP contribution in [-0.4, -0.2) is 57.9 Å². The highest BCUT2D eigenvalue weighted by Crippen LogP contribution is 2.30. The molecule has 0 saturated carbocycles. The maximum Gasteiger partial charge on any atom is 0.251 e. The molecule has 0 aromatic carbocycles. The van der Waals surface area contributed by atoms with Crippen LogP contribution in [0.4, 0.5) is 8.78 Å². The van der Waals surface area contributed by atoms with Gasteiger partial charge in [0.2, 0.25) is 11.8 Å². The number of aromatic nitrogens is 2. The van der Waals surface area contributed by atoms with Crippen molar-refractivity contribution in [3.63, 3.8) is 0 Å². The van der Waals surface area contributed by atoms with Gasteiger partial charge in [0.15, 0.2) is 5.82 Å². The molecule has 1 aromatic heterocycles. The zero-order valence-corrected chi connectivity index (χ0v) is 14.9. The number of halogens is 2. The molecule has 0 aliphatic carbocycles. The van der Waals surface area contributed by atoms with E-state index in [1.54, 1.807) is 4.90 Å². The first kappa shape index (κ1) is 18.2. The van der Waals surface area contributed by atoms with Gasteiger partial charge in [0, 0.05) is 37.8 Å². The van der Waals surface area contributed by atoms with Crippen molar-refractivity contribution in [2.45, 2.75) is 57.9 Å². The minimum atomic E-state index is -2.61. The third-order valence-corrected chi connectivity index (χ3v) is 5.10. The second kappa shape index (κ2) is 7.35. The summed E-state index contributed by atoms with van der Waals surface area (Å²) >= 11 is 0. The molecule has 0 unspecified atom stereocenters. The summed E-state index contributed by atoms with van der Waals surface area (Å²) in [7, 11) is 0. The molecule has 0 radical (unpaired) electrons. The Morgan fingerprint density at radius 3 is 2.44 bits per heavy atom. The van der Waals surface area contributed by atoms with Crippen LogP contribution in [0.25, 0.3) is 0 Å². The predicted molar refractivity (Wildman–Crippen MR) is 87.1 cm³/mol. The molecule has 8 heteroatoms. The van der Waals surface area contributed by atoms with Crippen LogP contribution in [0.15, 0.2) is 4.52 Å². The Balaban J connectivity index is 1.46. The predicted octanol–water partition coefficient (Wildman–Crippen LogP) is 2.66. The summed E-state index contributed by atoms with van der Waals surface area (Å²) in [6.45, 7) is 6.53. The standard InChI is InChI=1S/C17H26F2N4O2/c1-12(2)15-20-14(25-21-15)11-22-7-3-13(4-8-22)16(24)23-9-5-17(18,19)6-10-23/h12-13H,3-11H2,1-2H3. The first-order chi connectivity index (χ1) is 11.8. The summed E-state index contributed by atoms with van der Waals surface area (Å²) in [5, 5.41) is 3.96.